The lowest BCUT2D eigenvalue weighted by atomic mass is 9.73. The molecule has 5 rings (SSSR count). The van der Waals surface area contributed by atoms with E-state index in [2.05, 4.69) is 48.6 Å². The van der Waals surface area contributed by atoms with E-state index in [0.717, 1.165) is 29.5 Å². The summed E-state index contributed by atoms with van der Waals surface area (Å²) >= 11 is 0. The van der Waals surface area contributed by atoms with E-state index >= 15 is 0 Å². The van der Waals surface area contributed by atoms with Crippen LogP contribution in [0.3, 0.4) is 0 Å². The van der Waals surface area contributed by atoms with Crippen molar-refractivity contribution in [2.75, 3.05) is 32.9 Å². The highest BCUT2D eigenvalue weighted by molar-refractivity contribution is 5.88. The first-order valence-electron chi connectivity index (χ1n) is 11.8. The molecule has 2 amide bonds. The number of carbonyl (C=O) groups is 2. The summed E-state index contributed by atoms with van der Waals surface area (Å²) < 4.78 is 5.38. The SMILES string of the molecule is O=C(C1CCOCC1)N1CC(=O)N2[C@@H](CO)[C@H](c3ccc(C=Cc4ccccc4)cc3)[C@@H]2C1. The average Bonchev–Trinajstić information content (AvgIpc) is 2.85. The molecule has 1 N–H and O–H groups in total. The van der Waals surface area contributed by atoms with E-state index in [1.54, 1.807) is 9.80 Å². The molecule has 2 aromatic carbocycles. The Morgan fingerprint density at radius 1 is 1.00 bits per heavy atom. The van der Waals surface area contributed by atoms with Gasteiger partial charge in [-0.15, -0.1) is 0 Å². The Balaban J connectivity index is 1.30. The minimum absolute atomic E-state index is 0.0244. The van der Waals surface area contributed by atoms with Crippen molar-refractivity contribution in [2.45, 2.75) is 30.8 Å². The van der Waals surface area contributed by atoms with Crippen molar-refractivity contribution < 1.29 is 19.4 Å². The Morgan fingerprint density at radius 2 is 1.67 bits per heavy atom. The number of hydrogen-bond acceptors (Lipinski definition) is 4. The summed E-state index contributed by atoms with van der Waals surface area (Å²) in [5, 5.41) is 10.0. The molecule has 3 aliphatic heterocycles. The van der Waals surface area contributed by atoms with Crippen molar-refractivity contribution >= 4 is 24.0 Å². The first kappa shape index (κ1) is 21.9. The van der Waals surface area contributed by atoms with Crippen LogP contribution in [0.5, 0.6) is 0 Å². The standard InChI is InChI=1S/C27H30N2O4/c30-18-24-26(21-10-8-20(9-11-21)7-6-19-4-2-1-3-5-19)23-16-28(17-25(31)29(23)24)27(32)22-12-14-33-15-13-22/h1-11,22-24,26,30H,12-18H2/t23-,24-,26+/m0/s1. The minimum atomic E-state index is -0.228. The smallest absolute Gasteiger partial charge is 0.242 e. The predicted octanol–water partition coefficient (Wildman–Crippen LogP) is 2.78. The van der Waals surface area contributed by atoms with Crippen LogP contribution in [0.4, 0.5) is 0 Å². The Hall–Kier alpha value is -2.96. The number of amides is 2. The molecular formula is C27H30N2O4. The summed E-state index contributed by atoms with van der Waals surface area (Å²) in [5.74, 6) is -0.0272. The fourth-order valence-electron chi connectivity index (χ4n) is 5.46. The maximum absolute atomic E-state index is 13.0. The third-order valence-corrected chi connectivity index (χ3v) is 7.22. The highest BCUT2D eigenvalue weighted by Crippen LogP contribution is 2.43. The van der Waals surface area contributed by atoms with Gasteiger partial charge < -0.3 is 19.6 Å². The molecule has 0 bridgehead atoms. The maximum Gasteiger partial charge on any atom is 0.242 e. The normalized spacial score (nSPS) is 25.7. The van der Waals surface area contributed by atoms with Crippen LogP contribution in [0, 0.1) is 5.92 Å². The number of aliphatic hydroxyl groups excluding tert-OH is 1. The number of rotatable bonds is 5. The van der Waals surface area contributed by atoms with Gasteiger partial charge >= 0.3 is 0 Å². The van der Waals surface area contributed by atoms with Gasteiger partial charge in [-0.1, -0.05) is 66.7 Å². The highest BCUT2D eigenvalue weighted by atomic mass is 16.5. The van der Waals surface area contributed by atoms with E-state index in [1.807, 2.05) is 18.2 Å². The van der Waals surface area contributed by atoms with E-state index in [1.165, 1.54) is 0 Å². The molecule has 3 atom stereocenters. The van der Waals surface area contributed by atoms with Crippen LogP contribution in [-0.4, -0.2) is 71.7 Å². The lowest BCUT2D eigenvalue weighted by Crippen LogP contribution is -2.73. The number of aliphatic hydroxyl groups is 1. The van der Waals surface area contributed by atoms with Gasteiger partial charge in [0.15, 0.2) is 0 Å². The van der Waals surface area contributed by atoms with Crippen LogP contribution < -0.4 is 0 Å². The fourth-order valence-corrected chi connectivity index (χ4v) is 5.46. The monoisotopic (exact) mass is 446 g/mol. The second-order valence-corrected chi connectivity index (χ2v) is 9.16. The molecule has 6 heteroatoms. The maximum atomic E-state index is 13.0. The molecule has 0 saturated carbocycles. The second kappa shape index (κ2) is 9.49. The van der Waals surface area contributed by atoms with Gasteiger partial charge in [0.1, 0.15) is 0 Å². The molecule has 33 heavy (non-hydrogen) atoms. The number of hydrogen-bond donors (Lipinski definition) is 1. The van der Waals surface area contributed by atoms with Crippen molar-refractivity contribution in [3.05, 3.63) is 71.3 Å². The first-order chi connectivity index (χ1) is 16.2. The summed E-state index contributed by atoms with van der Waals surface area (Å²) in [6.07, 6.45) is 5.60. The molecule has 3 fully saturated rings. The third-order valence-electron chi connectivity index (χ3n) is 7.22. The van der Waals surface area contributed by atoms with Gasteiger partial charge in [0.25, 0.3) is 0 Å². The number of benzene rings is 2. The summed E-state index contributed by atoms with van der Waals surface area (Å²) in [6, 6.07) is 18.1. The molecule has 0 aliphatic carbocycles. The van der Waals surface area contributed by atoms with Gasteiger partial charge in [0.2, 0.25) is 11.8 Å². The molecule has 3 aliphatic rings. The van der Waals surface area contributed by atoms with Crippen LogP contribution in [-0.2, 0) is 14.3 Å². The topological polar surface area (TPSA) is 70.1 Å². The number of nitrogens with zero attached hydrogens (tertiary/aromatic N) is 2. The average molecular weight is 447 g/mol. The van der Waals surface area contributed by atoms with Crippen LogP contribution >= 0.6 is 0 Å². The summed E-state index contributed by atoms with van der Waals surface area (Å²) in [4.78, 5) is 29.4. The third kappa shape index (κ3) is 4.33. The highest BCUT2D eigenvalue weighted by Gasteiger charge is 2.54. The van der Waals surface area contributed by atoms with Gasteiger partial charge in [-0.05, 0) is 29.5 Å². The van der Waals surface area contributed by atoms with Crippen molar-refractivity contribution in [3.8, 4) is 0 Å². The van der Waals surface area contributed by atoms with Gasteiger partial charge in [0.05, 0.1) is 25.2 Å². The molecule has 2 aromatic rings. The zero-order valence-electron chi connectivity index (χ0n) is 18.7. The van der Waals surface area contributed by atoms with Crippen molar-refractivity contribution in [1.82, 2.24) is 9.80 Å². The summed E-state index contributed by atoms with van der Waals surface area (Å²) in [5.41, 5.74) is 3.34. The van der Waals surface area contributed by atoms with Gasteiger partial charge in [-0.2, -0.15) is 0 Å². The van der Waals surface area contributed by atoms with E-state index in [4.69, 9.17) is 4.74 Å². The second-order valence-electron chi connectivity index (χ2n) is 9.16. The largest absolute Gasteiger partial charge is 0.394 e. The lowest BCUT2D eigenvalue weighted by Gasteiger charge is -2.59. The van der Waals surface area contributed by atoms with E-state index in [9.17, 15) is 14.7 Å². The molecule has 0 unspecified atom stereocenters. The lowest BCUT2D eigenvalue weighted by molar-refractivity contribution is -0.169. The number of fused-ring (bicyclic) bond motifs is 1. The predicted molar refractivity (Wildman–Crippen MR) is 126 cm³/mol. The molecule has 0 radical (unpaired) electrons. The molecule has 172 valence electrons. The number of piperazine rings is 1. The van der Waals surface area contributed by atoms with Crippen molar-refractivity contribution in [1.29, 1.82) is 0 Å². The molecule has 3 saturated heterocycles. The Kier molecular flexibility index (Phi) is 6.29. The first-order valence-corrected chi connectivity index (χ1v) is 11.8. The molecule has 3 heterocycles. The van der Waals surface area contributed by atoms with E-state index in [-0.39, 0.29) is 48.9 Å². The van der Waals surface area contributed by atoms with E-state index < -0.39 is 0 Å². The fraction of sp³-hybridized carbons (Fsp3) is 0.407. The van der Waals surface area contributed by atoms with Crippen molar-refractivity contribution in [2.24, 2.45) is 5.92 Å². The molecular weight excluding hydrogens is 416 g/mol. The Labute approximate surface area is 194 Å². The van der Waals surface area contributed by atoms with Crippen LogP contribution in [0.1, 0.15) is 35.4 Å². The Morgan fingerprint density at radius 3 is 2.33 bits per heavy atom. The molecule has 0 aromatic heterocycles. The van der Waals surface area contributed by atoms with Crippen LogP contribution in [0.25, 0.3) is 12.2 Å². The van der Waals surface area contributed by atoms with Crippen molar-refractivity contribution in [3.63, 3.8) is 0 Å². The van der Waals surface area contributed by atoms with Gasteiger partial charge in [-0.25, -0.2) is 0 Å². The molecule has 0 spiro atoms. The summed E-state index contributed by atoms with van der Waals surface area (Å²) in [7, 11) is 0. The summed E-state index contributed by atoms with van der Waals surface area (Å²) in [6.45, 7) is 1.77. The number of carbonyl (C=O) groups excluding carboxylic acids is 2. The van der Waals surface area contributed by atoms with Gasteiger partial charge in [-0.3, -0.25) is 9.59 Å². The quantitative estimate of drug-likeness (QED) is 0.717. The van der Waals surface area contributed by atoms with Gasteiger partial charge in [0, 0.05) is 31.6 Å². The molecule has 6 nitrogen and oxygen atoms in total. The Bertz CT molecular complexity index is 1010. The zero-order chi connectivity index (χ0) is 22.8. The number of ether oxygens (including phenoxy) is 1. The minimum Gasteiger partial charge on any atom is -0.394 e. The van der Waals surface area contributed by atoms with Crippen LogP contribution in [0.15, 0.2) is 54.6 Å². The zero-order valence-corrected chi connectivity index (χ0v) is 18.7. The van der Waals surface area contributed by atoms with E-state index in [0.29, 0.717) is 19.8 Å². The van der Waals surface area contributed by atoms with Crippen LogP contribution in [0.2, 0.25) is 0 Å².